The molecule has 1 saturated heterocycles. The maximum Gasteiger partial charge on any atom is 0.0168 e. The second-order valence-corrected chi connectivity index (χ2v) is 5.08. The zero-order valence-corrected chi connectivity index (χ0v) is 9.56. The van der Waals surface area contributed by atoms with E-state index in [1.807, 2.05) is 9.12 Å². The summed E-state index contributed by atoms with van der Waals surface area (Å²) in [5, 5.41) is 0. The molecule has 2 fully saturated rings. The van der Waals surface area contributed by atoms with Crippen molar-refractivity contribution in [1.29, 1.82) is 0 Å². The van der Waals surface area contributed by atoms with Gasteiger partial charge in [-0.15, -0.1) is 0 Å². The van der Waals surface area contributed by atoms with E-state index in [1.165, 1.54) is 19.5 Å². The van der Waals surface area contributed by atoms with Crippen molar-refractivity contribution in [3.05, 3.63) is 11.6 Å². The van der Waals surface area contributed by atoms with Crippen LogP contribution in [0.2, 0.25) is 0 Å². The summed E-state index contributed by atoms with van der Waals surface area (Å²) in [6, 6.07) is 0. The first kappa shape index (κ1) is 8.38. The van der Waals surface area contributed by atoms with Crippen molar-refractivity contribution in [2.24, 2.45) is 11.8 Å². The van der Waals surface area contributed by atoms with Crippen molar-refractivity contribution >= 4 is 30.3 Å². The highest BCUT2D eigenvalue weighted by Crippen LogP contribution is 2.52. The van der Waals surface area contributed by atoms with E-state index < -0.39 is 0 Å². The Bertz CT molecular complexity index is 193. The molecule has 2 atom stereocenters. The van der Waals surface area contributed by atoms with Crippen LogP contribution in [0.4, 0.5) is 0 Å². The van der Waals surface area contributed by atoms with E-state index in [0.717, 1.165) is 11.8 Å². The second-order valence-electron chi connectivity index (χ2n) is 3.25. The molecule has 62 valence electrons. The highest BCUT2D eigenvalue weighted by Gasteiger charge is 2.46. The van der Waals surface area contributed by atoms with E-state index in [2.05, 4.69) is 38.5 Å². The van der Waals surface area contributed by atoms with Gasteiger partial charge in [0.2, 0.25) is 0 Å². The van der Waals surface area contributed by atoms with Gasteiger partial charge in [-0.05, 0) is 28.4 Å². The number of piperidine rings is 1. The third-order valence-corrected chi connectivity index (χ3v) is 4.95. The third kappa shape index (κ3) is 1.47. The fraction of sp³-hybridized carbons (Fsp3) is 0.750. The molecule has 0 aromatic carbocycles. The first-order valence-electron chi connectivity index (χ1n) is 4.06. The van der Waals surface area contributed by atoms with E-state index in [-0.39, 0.29) is 0 Å². The van der Waals surface area contributed by atoms with Crippen molar-refractivity contribution in [3.8, 4) is 0 Å². The zero-order chi connectivity index (χ0) is 7.84. The molecule has 2 unspecified atom stereocenters. The molecule has 1 nitrogen and oxygen atoms in total. The molecule has 0 amide bonds. The molecule has 1 aliphatic carbocycles. The number of rotatable bonds is 1. The number of halogens is 1. The molecular formula is C8H12INS. The van der Waals surface area contributed by atoms with Crippen molar-refractivity contribution in [2.75, 3.05) is 13.1 Å². The van der Waals surface area contributed by atoms with Crippen molar-refractivity contribution in [2.45, 2.75) is 13.3 Å². The van der Waals surface area contributed by atoms with E-state index in [9.17, 15) is 0 Å². The fourth-order valence-electron chi connectivity index (χ4n) is 2.09. The summed E-state index contributed by atoms with van der Waals surface area (Å²) in [4.78, 5) is 0. The van der Waals surface area contributed by atoms with E-state index in [4.69, 9.17) is 0 Å². The fourth-order valence-corrected chi connectivity index (χ4v) is 3.55. The predicted octanol–water partition coefficient (Wildman–Crippen LogP) is 2.88. The molecule has 0 radical (unpaired) electrons. The number of allylic oxidation sites excluding steroid dienone is 1. The molecule has 11 heavy (non-hydrogen) atoms. The Hall–Kier alpha value is 0.780. The minimum atomic E-state index is 0.927. The molecule has 2 aliphatic rings. The van der Waals surface area contributed by atoms with Gasteiger partial charge in [-0.2, -0.15) is 0 Å². The average molecular weight is 281 g/mol. The third-order valence-electron chi connectivity index (χ3n) is 2.75. The Morgan fingerprint density at radius 1 is 1.64 bits per heavy atom. The van der Waals surface area contributed by atoms with Crippen molar-refractivity contribution in [3.63, 3.8) is 0 Å². The summed E-state index contributed by atoms with van der Waals surface area (Å²) < 4.78 is 2.47. The van der Waals surface area contributed by atoms with Gasteiger partial charge in [0, 0.05) is 40.2 Å². The first-order valence-corrected chi connectivity index (χ1v) is 7.38. The van der Waals surface area contributed by atoms with Gasteiger partial charge < -0.3 is 0 Å². The molecule has 0 N–H and O–H groups in total. The van der Waals surface area contributed by atoms with Crippen LogP contribution < -0.4 is 0 Å². The highest BCUT2D eigenvalue weighted by atomic mass is 127. The molecule has 2 rings (SSSR count). The maximum absolute atomic E-state index is 2.47. The van der Waals surface area contributed by atoms with Crippen LogP contribution in [0, 0.1) is 11.8 Å². The van der Waals surface area contributed by atoms with Crippen LogP contribution in [0.5, 0.6) is 0 Å². The molecule has 0 bridgehead atoms. The van der Waals surface area contributed by atoms with Crippen molar-refractivity contribution < 1.29 is 0 Å². The van der Waals surface area contributed by atoms with Crippen LogP contribution in [-0.4, -0.2) is 17.4 Å². The minimum absolute atomic E-state index is 0.927. The normalized spacial score (nSPS) is 40.7. The van der Waals surface area contributed by atoms with Gasteiger partial charge in [0.05, 0.1) is 0 Å². The molecule has 0 aromatic rings. The quantitative estimate of drug-likeness (QED) is 0.413. The minimum Gasteiger partial charge on any atom is -0.241 e. The van der Waals surface area contributed by atoms with Gasteiger partial charge >= 0.3 is 0 Å². The van der Waals surface area contributed by atoms with Gasteiger partial charge in [-0.3, -0.25) is 0 Å². The largest absolute Gasteiger partial charge is 0.241 e. The topological polar surface area (TPSA) is 3.24 Å². The molecular weight excluding hydrogens is 269 g/mol. The maximum atomic E-state index is 2.47. The molecule has 0 aromatic heterocycles. The van der Waals surface area contributed by atoms with Gasteiger partial charge in [-0.25, -0.2) is 4.31 Å². The van der Waals surface area contributed by atoms with Gasteiger partial charge in [0.25, 0.3) is 0 Å². The lowest BCUT2D eigenvalue weighted by molar-refractivity contribution is 0.368. The Kier molecular flexibility index (Phi) is 2.49. The summed E-state index contributed by atoms with van der Waals surface area (Å²) in [7, 11) is 1.86. The lowest BCUT2D eigenvalue weighted by atomic mass is 10.2. The molecule has 3 heteroatoms. The SMILES string of the molecule is C/C=C1/C2CCN(SI)CC12. The molecule has 1 heterocycles. The summed E-state index contributed by atoms with van der Waals surface area (Å²) in [6.07, 6.45) is 3.71. The predicted molar refractivity (Wildman–Crippen MR) is 58.5 cm³/mol. The summed E-state index contributed by atoms with van der Waals surface area (Å²) in [6.45, 7) is 4.75. The van der Waals surface area contributed by atoms with Crippen LogP contribution in [0.3, 0.4) is 0 Å². The lowest BCUT2D eigenvalue weighted by Gasteiger charge is -2.20. The lowest BCUT2D eigenvalue weighted by Crippen LogP contribution is -2.23. The summed E-state index contributed by atoms with van der Waals surface area (Å²) in [5.74, 6) is 1.90. The van der Waals surface area contributed by atoms with Crippen LogP contribution in [-0.2, 0) is 0 Å². The average Bonchev–Trinajstić information content (AvgIpc) is 2.76. The molecule has 1 aliphatic heterocycles. The zero-order valence-electron chi connectivity index (χ0n) is 6.59. The van der Waals surface area contributed by atoms with Crippen molar-refractivity contribution in [1.82, 2.24) is 4.31 Å². The number of hydrogen-bond acceptors (Lipinski definition) is 2. The number of nitrogens with zero attached hydrogens (tertiary/aromatic N) is 1. The Balaban J connectivity index is 1.96. The van der Waals surface area contributed by atoms with E-state index in [1.54, 1.807) is 5.57 Å². The van der Waals surface area contributed by atoms with Crippen LogP contribution in [0.15, 0.2) is 11.6 Å². The standard InChI is InChI=1S/C8H12INS/c1-2-6-7-3-4-10(11-9)5-8(6)7/h2,7-8H,3-5H2,1H3/b6-2-. The number of fused-ring (bicyclic) bond motifs is 1. The summed E-state index contributed by atoms with van der Waals surface area (Å²) in [5.41, 5.74) is 1.72. The Morgan fingerprint density at radius 2 is 2.45 bits per heavy atom. The van der Waals surface area contributed by atoms with Crippen LogP contribution >= 0.6 is 30.3 Å². The van der Waals surface area contributed by atoms with Gasteiger partial charge in [0.1, 0.15) is 0 Å². The Morgan fingerprint density at radius 3 is 3.09 bits per heavy atom. The van der Waals surface area contributed by atoms with E-state index >= 15 is 0 Å². The smallest absolute Gasteiger partial charge is 0.0168 e. The van der Waals surface area contributed by atoms with Crippen LogP contribution in [0.1, 0.15) is 13.3 Å². The molecule has 1 saturated carbocycles. The first-order chi connectivity index (χ1) is 5.36. The van der Waals surface area contributed by atoms with Gasteiger partial charge in [-0.1, -0.05) is 11.6 Å². The highest BCUT2D eigenvalue weighted by molar-refractivity contribution is 14.2. The van der Waals surface area contributed by atoms with Crippen LogP contribution in [0.25, 0.3) is 0 Å². The Labute approximate surface area is 84.3 Å². The summed E-state index contributed by atoms with van der Waals surface area (Å²) >= 11 is 2.38. The number of hydrogen-bond donors (Lipinski definition) is 0. The van der Waals surface area contributed by atoms with E-state index in [0.29, 0.717) is 0 Å². The monoisotopic (exact) mass is 281 g/mol. The van der Waals surface area contributed by atoms with Gasteiger partial charge in [0.15, 0.2) is 0 Å². The second kappa shape index (κ2) is 3.26. The molecule has 0 spiro atoms.